The summed E-state index contributed by atoms with van der Waals surface area (Å²) in [5, 5.41) is 1.98. The van der Waals surface area contributed by atoms with Crippen molar-refractivity contribution >= 4 is 7.60 Å². The number of nitrogens with two attached hydrogens (primary N) is 1. The Morgan fingerprint density at radius 3 is 2.32 bits per heavy atom. The Bertz CT molecular complexity index is 402. The van der Waals surface area contributed by atoms with Gasteiger partial charge in [-0.05, 0) is 39.8 Å². The summed E-state index contributed by atoms with van der Waals surface area (Å²) in [5.41, 5.74) is 0.724. The van der Waals surface area contributed by atoms with Crippen molar-refractivity contribution in [2.24, 2.45) is 0 Å². The Labute approximate surface area is 115 Å². The first kappa shape index (κ1) is 16.3. The predicted octanol–water partition coefficient (Wildman–Crippen LogP) is 2.32. The van der Waals surface area contributed by atoms with Gasteiger partial charge in [-0.25, -0.2) is 0 Å². The van der Waals surface area contributed by atoms with E-state index in [0.29, 0.717) is 13.2 Å². The summed E-state index contributed by atoms with van der Waals surface area (Å²) in [6.45, 7) is 8.42. The van der Waals surface area contributed by atoms with Crippen LogP contribution in [0.5, 0.6) is 0 Å². The lowest BCUT2D eigenvalue weighted by molar-refractivity contribution is -0.705. The van der Waals surface area contributed by atoms with Crippen LogP contribution in [0.4, 0.5) is 0 Å². The number of pyridine rings is 1. The number of aromatic nitrogens is 1. The monoisotopic (exact) mass is 287 g/mol. The average Bonchev–Trinajstić information content (AvgIpc) is 2.37. The lowest BCUT2D eigenvalue weighted by atomic mass is 10.3. The SMILES string of the molecule is CCOP(=O)(OCC)[C@H]([NH2+]C(C)C)c1ccccn1. The van der Waals surface area contributed by atoms with Crippen LogP contribution in [0, 0.1) is 0 Å². The number of hydrogen-bond acceptors (Lipinski definition) is 4. The second kappa shape index (κ2) is 7.75. The summed E-state index contributed by atoms with van der Waals surface area (Å²) in [7, 11) is -3.22. The first-order valence-electron chi connectivity index (χ1n) is 6.68. The summed E-state index contributed by atoms with van der Waals surface area (Å²) in [6, 6.07) is 5.84. The van der Waals surface area contributed by atoms with E-state index in [1.54, 1.807) is 6.20 Å². The van der Waals surface area contributed by atoms with Gasteiger partial charge in [0.05, 0.1) is 19.3 Å². The van der Waals surface area contributed by atoms with Gasteiger partial charge in [-0.2, -0.15) is 0 Å². The van der Waals surface area contributed by atoms with Crippen LogP contribution in [0.15, 0.2) is 24.4 Å². The minimum atomic E-state index is -3.22. The number of nitrogens with zero attached hydrogens (tertiary/aromatic N) is 1. The normalized spacial score (nSPS) is 13.7. The molecule has 1 heterocycles. The molecule has 0 saturated heterocycles. The van der Waals surface area contributed by atoms with Crippen molar-refractivity contribution in [3.8, 4) is 0 Å². The highest BCUT2D eigenvalue weighted by atomic mass is 31.2. The quantitative estimate of drug-likeness (QED) is 0.745. The molecule has 0 amide bonds. The minimum Gasteiger partial charge on any atom is -0.327 e. The van der Waals surface area contributed by atoms with E-state index in [4.69, 9.17) is 9.05 Å². The van der Waals surface area contributed by atoms with Crippen molar-refractivity contribution in [1.29, 1.82) is 0 Å². The molecular weight excluding hydrogens is 263 g/mol. The van der Waals surface area contributed by atoms with Gasteiger partial charge in [-0.15, -0.1) is 0 Å². The van der Waals surface area contributed by atoms with E-state index in [9.17, 15) is 4.57 Å². The molecule has 0 fully saturated rings. The summed E-state index contributed by atoms with van der Waals surface area (Å²) < 4.78 is 23.8. The van der Waals surface area contributed by atoms with Crippen LogP contribution in [0.3, 0.4) is 0 Å². The Morgan fingerprint density at radius 1 is 1.26 bits per heavy atom. The zero-order valence-electron chi connectivity index (χ0n) is 12.1. The molecule has 0 aromatic carbocycles. The van der Waals surface area contributed by atoms with Crippen molar-refractivity contribution in [2.45, 2.75) is 39.5 Å². The predicted molar refractivity (Wildman–Crippen MR) is 74.9 cm³/mol. The Kier molecular flexibility index (Phi) is 6.66. The van der Waals surface area contributed by atoms with Gasteiger partial charge < -0.3 is 14.4 Å². The molecule has 0 aliphatic carbocycles. The Balaban J connectivity index is 3.10. The summed E-state index contributed by atoms with van der Waals surface area (Å²) in [5.74, 6) is -0.423. The van der Waals surface area contributed by atoms with Crippen molar-refractivity contribution in [1.82, 2.24) is 4.98 Å². The largest absolute Gasteiger partial charge is 0.393 e. The highest BCUT2D eigenvalue weighted by Gasteiger charge is 2.41. The minimum absolute atomic E-state index is 0.265. The van der Waals surface area contributed by atoms with Crippen LogP contribution in [0.1, 0.15) is 39.2 Å². The number of hydrogen-bond donors (Lipinski definition) is 1. The zero-order chi connectivity index (χ0) is 14.3. The van der Waals surface area contributed by atoms with Crippen LogP contribution in [0.25, 0.3) is 0 Å². The van der Waals surface area contributed by atoms with Gasteiger partial charge in [0.2, 0.25) is 5.78 Å². The molecule has 0 radical (unpaired) electrons. The molecule has 1 rings (SSSR count). The topological polar surface area (TPSA) is 65.0 Å². The van der Waals surface area contributed by atoms with Gasteiger partial charge in [0, 0.05) is 6.20 Å². The molecule has 0 bridgehead atoms. The maximum atomic E-state index is 12.9. The van der Waals surface area contributed by atoms with Gasteiger partial charge in [0.15, 0.2) is 0 Å². The molecule has 1 aromatic rings. The maximum absolute atomic E-state index is 12.9. The van der Waals surface area contributed by atoms with Gasteiger partial charge >= 0.3 is 7.60 Å². The first-order chi connectivity index (χ1) is 9.03. The molecule has 108 valence electrons. The van der Waals surface area contributed by atoms with Crippen LogP contribution in [-0.4, -0.2) is 24.2 Å². The average molecular weight is 287 g/mol. The van der Waals surface area contributed by atoms with Crippen molar-refractivity contribution in [2.75, 3.05) is 13.2 Å². The fourth-order valence-corrected chi connectivity index (χ4v) is 3.99. The lowest BCUT2D eigenvalue weighted by Gasteiger charge is -2.25. The molecule has 19 heavy (non-hydrogen) atoms. The van der Waals surface area contributed by atoms with Crippen molar-refractivity contribution in [3.63, 3.8) is 0 Å². The molecule has 0 unspecified atom stereocenters. The molecule has 0 saturated carbocycles. The highest BCUT2D eigenvalue weighted by Crippen LogP contribution is 2.57. The molecule has 6 heteroatoms. The molecule has 0 aliphatic rings. The molecule has 1 atom stereocenters. The third-order valence-corrected chi connectivity index (χ3v) is 4.87. The van der Waals surface area contributed by atoms with Crippen LogP contribution in [0.2, 0.25) is 0 Å². The fraction of sp³-hybridized carbons (Fsp3) is 0.615. The molecular formula is C13H24N2O3P+. The molecule has 0 spiro atoms. The van der Waals surface area contributed by atoms with Gasteiger partial charge in [0.25, 0.3) is 0 Å². The van der Waals surface area contributed by atoms with E-state index in [2.05, 4.69) is 4.98 Å². The highest BCUT2D eigenvalue weighted by molar-refractivity contribution is 7.53. The summed E-state index contributed by atoms with van der Waals surface area (Å²) in [4.78, 5) is 4.30. The van der Waals surface area contributed by atoms with Gasteiger partial charge in [-0.3, -0.25) is 9.55 Å². The molecule has 5 nitrogen and oxygen atoms in total. The van der Waals surface area contributed by atoms with Crippen LogP contribution >= 0.6 is 7.60 Å². The number of quaternary nitrogens is 1. The van der Waals surface area contributed by atoms with E-state index < -0.39 is 13.4 Å². The van der Waals surface area contributed by atoms with Crippen molar-refractivity contribution < 1.29 is 18.9 Å². The maximum Gasteiger partial charge on any atom is 0.393 e. The standard InChI is InChI=1S/C13H23N2O3P/c1-5-17-19(16,18-6-2)13(15-11(3)4)12-9-7-8-10-14-12/h7-11,13,15H,5-6H2,1-4H3/p+1/t13-/m0/s1. The molecule has 0 aliphatic heterocycles. The summed E-state index contributed by atoms with van der Waals surface area (Å²) >= 11 is 0. The molecule has 1 aromatic heterocycles. The van der Waals surface area contributed by atoms with E-state index in [1.807, 2.05) is 51.2 Å². The third kappa shape index (κ3) is 4.69. The van der Waals surface area contributed by atoms with Crippen LogP contribution < -0.4 is 5.32 Å². The molecule has 2 N–H and O–H groups in total. The van der Waals surface area contributed by atoms with E-state index in [0.717, 1.165) is 5.69 Å². The summed E-state index contributed by atoms with van der Waals surface area (Å²) in [6.07, 6.45) is 1.69. The number of rotatable bonds is 8. The Morgan fingerprint density at radius 2 is 1.89 bits per heavy atom. The zero-order valence-corrected chi connectivity index (χ0v) is 13.0. The van der Waals surface area contributed by atoms with Gasteiger partial charge in [-0.1, -0.05) is 6.07 Å². The fourth-order valence-electron chi connectivity index (χ4n) is 1.84. The Hall–Kier alpha value is -0.740. The lowest BCUT2D eigenvalue weighted by Crippen LogP contribution is -2.89. The smallest absolute Gasteiger partial charge is 0.327 e. The van der Waals surface area contributed by atoms with Gasteiger partial charge in [0.1, 0.15) is 5.69 Å². The second-order valence-electron chi connectivity index (χ2n) is 4.51. The van der Waals surface area contributed by atoms with E-state index >= 15 is 0 Å². The van der Waals surface area contributed by atoms with E-state index in [-0.39, 0.29) is 6.04 Å². The third-order valence-electron chi connectivity index (χ3n) is 2.52. The van der Waals surface area contributed by atoms with Crippen LogP contribution in [-0.2, 0) is 13.6 Å². The van der Waals surface area contributed by atoms with Crippen molar-refractivity contribution in [3.05, 3.63) is 30.1 Å². The van der Waals surface area contributed by atoms with E-state index in [1.165, 1.54) is 0 Å². The second-order valence-corrected chi connectivity index (χ2v) is 6.66. The first-order valence-corrected chi connectivity index (χ1v) is 8.29.